The third kappa shape index (κ3) is 3.16. The van der Waals surface area contributed by atoms with Crippen LogP contribution in [0.1, 0.15) is 37.7 Å². The van der Waals surface area contributed by atoms with E-state index in [1.807, 2.05) is 0 Å². The first-order chi connectivity index (χ1) is 7.28. The van der Waals surface area contributed by atoms with Gasteiger partial charge in [0.15, 0.2) is 0 Å². The maximum absolute atomic E-state index is 11.3. The third-order valence-corrected chi connectivity index (χ3v) is 2.48. The molecule has 0 radical (unpaired) electrons. The largest absolute Gasteiger partial charge is 0.311 e. The number of nitrogens with zero attached hydrogens (tertiary/aromatic N) is 1. The van der Waals surface area contributed by atoms with Crippen LogP contribution in [0, 0.1) is 0 Å². The molecule has 1 saturated carbocycles. The maximum atomic E-state index is 11.3. The zero-order valence-electron chi connectivity index (χ0n) is 9.05. The summed E-state index contributed by atoms with van der Waals surface area (Å²) < 4.78 is 0. The van der Waals surface area contributed by atoms with E-state index in [1.165, 1.54) is 12.8 Å². The molecule has 0 aliphatic heterocycles. The predicted octanol–water partition coefficient (Wildman–Crippen LogP) is 0.974. The van der Waals surface area contributed by atoms with Gasteiger partial charge in [-0.05, 0) is 19.3 Å². The van der Waals surface area contributed by atoms with Gasteiger partial charge in [-0.25, -0.2) is 4.98 Å². The molecule has 82 valence electrons. The SMILES string of the molecule is CCCc1nc(CNC2CC2)cc(=O)[nH]1. The van der Waals surface area contributed by atoms with Gasteiger partial charge in [0.2, 0.25) is 0 Å². The summed E-state index contributed by atoms with van der Waals surface area (Å²) in [5, 5.41) is 3.35. The molecule has 0 atom stereocenters. The molecule has 0 unspecified atom stereocenters. The van der Waals surface area contributed by atoms with E-state index in [1.54, 1.807) is 6.07 Å². The van der Waals surface area contributed by atoms with Crippen LogP contribution in [0.4, 0.5) is 0 Å². The Hall–Kier alpha value is -1.16. The van der Waals surface area contributed by atoms with Gasteiger partial charge in [0.1, 0.15) is 5.82 Å². The molecule has 2 N–H and O–H groups in total. The molecule has 1 fully saturated rings. The highest BCUT2D eigenvalue weighted by atomic mass is 16.1. The summed E-state index contributed by atoms with van der Waals surface area (Å²) in [6, 6.07) is 2.23. The van der Waals surface area contributed by atoms with Crippen molar-refractivity contribution in [1.29, 1.82) is 0 Å². The first-order valence-electron chi connectivity index (χ1n) is 5.60. The molecule has 1 heterocycles. The summed E-state index contributed by atoms with van der Waals surface area (Å²) in [5.41, 5.74) is 0.815. The molecule has 0 bridgehead atoms. The summed E-state index contributed by atoms with van der Waals surface area (Å²) >= 11 is 0. The lowest BCUT2D eigenvalue weighted by molar-refractivity contribution is 0.663. The minimum absolute atomic E-state index is 0.0407. The topological polar surface area (TPSA) is 57.8 Å². The summed E-state index contributed by atoms with van der Waals surface area (Å²) in [6.07, 6.45) is 4.35. The van der Waals surface area contributed by atoms with E-state index in [4.69, 9.17) is 0 Å². The van der Waals surface area contributed by atoms with E-state index in [-0.39, 0.29) is 5.56 Å². The van der Waals surface area contributed by atoms with E-state index in [2.05, 4.69) is 22.2 Å². The Balaban J connectivity index is 2.04. The van der Waals surface area contributed by atoms with Crippen LogP contribution in [0.5, 0.6) is 0 Å². The van der Waals surface area contributed by atoms with Gasteiger partial charge < -0.3 is 10.3 Å². The monoisotopic (exact) mass is 207 g/mol. The molecule has 15 heavy (non-hydrogen) atoms. The van der Waals surface area contributed by atoms with Crippen molar-refractivity contribution >= 4 is 0 Å². The fourth-order valence-electron chi connectivity index (χ4n) is 1.55. The van der Waals surface area contributed by atoms with Crippen molar-refractivity contribution in [2.45, 2.75) is 45.2 Å². The Labute approximate surface area is 89.1 Å². The highest BCUT2D eigenvalue weighted by Gasteiger charge is 2.20. The van der Waals surface area contributed by atoms with Gasteiger partial charge in [-0.2, -0.15) is 0 Å². The Bertz CT molecular complexity index is 382. The number of nitrogens with one attached hydrogen (secondary N) is 2. The standard InChI is InChI=1S/C11H17N3O/c1-2-3-10-13-9(6-11(15)14-10)7-12-8-4-5-8/h6,8,12H,2-5,7H2,1H3,(H,13,14,15). The van der Waals surface area contributed by atoms with E-state index in [0.29, 0.717) is 12.6 Å². The number of aromatic nitrogens is 2. The molecule has 1 aromatic rings. The van der Waals surface area contributed by atoms with Gasteiger partial charge in [-0.1, -0.05) is 6.92 Å². The average molecular weight is 207 g/mol. The molecule has 1 aliphatic rings. The quantitative estimate of drug-likeness (QED) is 0.756. The third-order valence-electron chi connectivity index (χ3n) is 2.48. The molecule has 4 heteroatoms. The molecular weight excluding hydrogens is 190 g/mol. The van der Waals surface area contributed by atoms with Gasteiger partial charge in [0.05, 0.1) is 5.69 Å². The molecule has 1 aromatic heterocycles. The van der Waals surface area contributed by atoms with Crippen LogP contribution in [0.25, 0.3) is 0 Å². The molecule has 2 rings (SSSR count). The van der Waals surface area contributed by atoms with Crippen LogP contribution in [0.2, 0.25) is 0 Å². The normalized spacial score (nSPS) is 15.5. The molecule has 0 spiro atoms. The fourth-order valence-corrected chi connectivity index (χ4v) is 1.55. The average Bonchev–Trinajstić information content (AvgIpc) is 2.98. The summed E-state index contributed by atoms with van der Waals surface area (Å²) in [5.74, 6) is 0.803. The second-order valence-electron chi connectivity index (χ2n) is 4.09. The Morgan fingerprint density at radius 3 is 3.07 bits per heavy atom. The summed E-state index contributed by atoms with van der Waals surface area (Å²) in [7, 11) is 0. The smallest absolute Gasteiger partial charge is 0.251 e. The lowest BCUT2D eigenvalue weighted by Crippen LogP contribution is -2.20. The van der Waals surface area contributed by atoms with Gasteiger partial charge in [0, 0.05) is 25.1 Å². The first-order valence-corrected chi connectivity index (χ1v) is 5.60. The fraction of sp³-hybridized carbons (Fsp3) is 0.636. The zero-order chi connectivity index (χ0) is 10.7. The summed E-state index contributed by atoms with van der Waals surface area (Å²) in [4.78, 5) is 18.5. The maximum Gasteiger partial charge on any atom is 0.251 e. The summed E-state index contributed by atoms with van der Waals surface area (Å²) in [6.45, 7) is 2.79. The van der Waals surface area contributed by atoms with E-state index in [9.17, 15) is 4.79 Å². The van der Waals surface area contributed by atoms with Crippen LogP contribution in [-0.2, 0) is 13.0 Å². The number of hydrogen-bond donors (Lipinski definition) is 2. The number of aryl methyl sites for hydroxylation is 1. The second-order valence-corrected chi connectivity index (χ2v) is 4.09. The predicted molar refractivity (Wildman–Crippen MR) is 58.7 cm³/mol. The molecule has 0 saturated heterocycles. The van der Waals surface area contributed by atoms with Crippen LogP contribution in [0.3, 0.4) is 0 Å². The number of H-pyrrole nitrogens is 1. The number of hydrogen-bond acceptors (Lipinski definition) is 3. The Kier molecular flexibility index (Phi) is 3.16. The molecule has 0 aromatic carbocycles. The van der Waals surface area contributed by atoms with Crippen molar-refractivity contribution in [1.82, 2.24) is 15.3 Å². The second kappa shape index (κ2) is 4.57. The van der Waals surface area contributed by atoms with E-state index < -0.39 is 0 Å². The van der Waals surface area contributed by atoms with Gasteiger partial charge in [-0.3, -0.25) is 4.79 Å². The lowest BCUT2D eigenvalue weighted by atomic mass is 10.3. The lowest BCUT2D eigenvalue weighted by Gasteiger charge is -2.04. The van der Waals surface area contributed by atoms with Crippen molar-refractivity contribution in [2.24, 2.45) is 0 Å². The number of rotatable bonds is 5. The van der Waals surface area contributed by atoms with Crippen molar-refractivity contribution in [3.63, 3.8) is 0 Å². The Morgan fingerprint density at radius 2 is 2.40 bits per heavy atom. The van der Waals surface area contributed by atoms with Crippen molar-refractivity contribution in [2.75, 3.05) is 0 Å². The van der Waals surface area contributed by atoms with Crippen molar-refractivity contribution < 1.29 is 0 Å². The van der Waals surface area contributed by atoms with Crippen LogP contribution in [0.15, 0.2) is 10.9 Å². The van der Waals surface area contributed by atoms with E-state index in [0.717, 1.165) is 24.4 Å². The van der Waals surface area contributed by atoms with Crippen LogP contribution in [-0.4, -0.2) is 16.0 Å². The van der Waals surface area contributed by atoms with Crippen molar-refractivity contribution in [3.8, 4) is 0 Å². The van der Waals surface area contributed by atoms with Crippen molar-refractivity contribution in [3.05, 3.63) is 27.9 Å². The minimum Gasteiger partial charge on any atom is -0.311 e. The molecule has 4 nitrogen and oxygen atoms in total. The first kappa shape index (κ1) is 10.4. The highest BCUT2D eigenvalue weighted by Crippen LogP contribution is 2.18. The molecular formula is C11H17N3O. The minimum atomic E-state index is -0.0407. The molecule has 1 aliphatic carbocycles. The zero-order valence-corrected chi connectivity index (χ0v) is 9.05. The van der Waals surface area contributed by atoms with E-state index >= 15 is 0 Å². The van der Waals surface area contributed by atoms with Crippen LogP contribution < -0.4 is 10.9 Å². The number of aromatic amines is 1. The molecule has 0 amide bonds. The Morgan fingerprint density at radius 1 is 1.60 bits per heavy atom. The highest BCUT2D eigenvalue weighted by molar-refractivity contribution is 5.03. The van der Waals surface area contributed by atoms with Crippen LogP contribution >= 0.6 is 0 Å². The van der Waals surface area contributed by atoms with Gasteiger partial charge in [-0.15, -0.1) is 0 Å². The van der Waals surface area contributed by atoms with Gasteiger partial charge >= 0.3 is 0 Å². The van der Waals surface area contributed by atoms with Gasteiger partial charge in [0.25, 0.3) is 5.56 Å².